The van der Waals surface area contributed by atoms with Gasteiger partial charge in [-0.15, -0.1) is 0 Å². The number of ether oxygens (including phenoxy) is 1. The number of hydrogen-bond donors (Lipinski definition) is 1. The molecule has 1 aromatic rings. The molecule has 0 spiro atoms. The Kier molecular flexibility index (Phi) is 4.67. The van der Waals surface area contributed by atoms with Crippen LogP contribution < -0.4 is 10.1 Å². The molecule has 1 saturated heterocycles. The zero-order valence-electron chi connectivity index (χ0n) is 11.7. The van der Waals surface area contributed by atoms with Gasteiger partial charge in [0.2, 0.25) is 5.82 Å². The molecule has 1 N–H and O–H groups in total. The van der Waals surface area contributed by atoms with Crippen molar-refractivity contribution in [3.8, 4) is 5.88 Å². The van der Waals surface area contributed by atoms with Crippen LogP contribution in [0.5, 0.6) is 5.88 Å². The maximum atomic E-state index is 11.1. The third-order valence-corrected chi connectivity index (χ3v) is 3.58. The molecule has 1 aliphatic rings. The van der Waals surface area contributed by atoms with E-state index in [2.05, 4.69) is 27.1 Å². The molecule has 8 nitrogen and oxygen atoms in total. The van der Waals surface area contributed by atoms with Crippen molar-refractivity contribution in [2.24, 2.45) is 0 Å². The molecule has 0 aromatic carbocycles. The number of aromatic nitrogens is 2. The Morgan fingerprint density at radius 3 is 3.05 bits per heavy atom. The molecule has 1 aromatic heterocycles. The van der Waals surface area contributed by atoms with Gasteiger partial charge in [-0.1, -0.05) is 6.92 Å². The van der Waals surface area contributed by atoms with Crippen molar-refractivity contribution in [3.63, 3.8) is 0 Å². The topological polar surface area (TPSA) is 93.4 Å². The second kappa shape index (κ2) is 6.47. The monoisotopic (exact) mass is 281 g/mol. The van der Waals surface area contributed by atoms with Gasteiger partial charge >= 0.3 is 5.69 Å². The van der Waals surface area contributed by atoms with Crippen molar-refractivity contribution < 1.29 is 9.66 Å². The molecule has 8 heteroatoms. The molecule has 0 radical (unpaired) electrons. The van der Waals surface area contributed by atoms with Crippen molar-refractivity contribution in [2.45, 2.75) is 25.8 Å². The van der Waals surface area contributed by atoms with Gasteiger partial charge in [0.1, 0.15) is 6.33 Å². The number of nitrogens with zero attached hydrogens (tertiary/aromatic N) is 4. The number of likely N-dealkylation sites (N-methyl/N-ethyl adjacent to an activating group) is 1. The van der Waals surface area contributed by atoms with E-state index in [1.54, 1.807) is 0 Å². The minimum absolute atomic E-state index is 0.0220. The molecule has 110 valence electrons. The highest BCUT2D eigenvalue weighted by Crippen LogP contribution is 2.30. The standard InChI is InChI=1S/C12H19N5O3/c1-3-16-6-4-5-9(16)7-13-11-10(17(18)19)12(20-2)15-8-14-11/h8-9H,3-7H2,1-2H3,(H,13,14,15). The zero-order chi connectivity index (χ0) is 14.5. The zero-order valence-corrected chi connectivity index (χ0v) is 11.7. The summed E-state index contributed by atoms with van der Waals surface area (Å²) in [5.74, 6) is 0.191. The fraction of sp³-hybridized carbons (Fsp3) is 0.667. The fourth-order valence-corrected chi connectivity index (χ4v) is 2.56. The largest absolute Gasteiger partial charge is 0.476 e. The third kappa shape index (κ3) is 2.96. The van der Waals surface area contributed by atoms with E-state index in [0.717, 1.165) is 25.9 Å². The molecule has 0 saturated carbocycles. The van der Waals surface area contributed by atoms with Crippen LogP contribution in [0.15, 0.2) is 6.33 Å². The number of nitrogens with one attached hydrogen (secondary N) is 1. The lowest BCUT2D eigenvalue weighted by Crippen LogP contribution is -2.34. The van der Waals surface area contributed by atoms with Gasteiger partial charge in [-0.2, -0.15) is 4.98 Å². The number of nitro groups is 1. The van der Waals surface area contributed by atoms with Gasteiger partial charge < -0.3 is 10.1 Å². The van der Waals surface area contributed by atoms with Gasteiger partial charge in [0, 0.05) is 12.6 Å². The SMILES string of the molecule is CCN1CCCC1CNc1ncnc(OC)c1[N+](=O)[O-]. The Labute approximate surface area is 117 Å². The molecular weight excluding hydrogens is 262 g/mol. The molecular formula is C12H19N5O3. The average molecular weight is 281 g/mol. The Bertz CT molecular complexity index is 482. The van der Waals surface area contributed by atoms with Crippen molar-refractivity contribution in [1.82, 2.24) is 14.9 Å². The first-order valence-corrected chi connectivity index (χ1v) is 6.68. The fourth-order valence-electron chi connectivity index (χ4n) is 2.56. The summed E-state index contributed by atoms with van der Waals surface area (Å²) >= 11 is 0. The number of methoxy groups -OCH3 is 1. The number of hydrogen-bond acceptors (Lipinski definition) is 7. The smallest absolute Gasteiger partial charge is 0.372 e. The third-order valence-electron chi connectivity index (χ3n) is 3.58. The van der Waals surface area contributed by atoms with E-state index in [9.17, 15) is 10.1 Å². The van der Waals surface area contributed by atoms with Crippen LogP contribution in [0.25, 0.3) is 0 Å². The summed E-state index contributed by atoms with van der Waals surface area (Å²) < 4.78 is 4.92. The Balaban J connectivity index is 2.11. The second-order valence-electron chi connectivity index (χ2n) is 4.64. The molecule has 20 heavy (non-hydrogen) atoms. The van der Waals surface area contributed by atoms with Crippen molar-refractivity contribution in [1.29, 1.82) is 0 Å². The summed E-state index contributed by atoms with van der Waals surface area (Å²) in [6.07, 6.45) is 3.52. The first-order chi connectivity index (χ1) is 9.67. The first kappa shape index (κ1) is 14.4. The van der Waals surface area contributed by atoms with Gasteiger partial charge in [0.05, 0.1) is 12.0 Å². The lowest BCUT2D eigenvalue weighted by Gasteiger charge is -2.23. The number of likely N-dealkylation sites (tertiary alicyclic amines) is 1. The van der Waals surface area contributed by atoms with E-state index >= 15 is 0 Å². The van der Waals surface area contributed by atoms with Crippen LogP contribution in [0.2, 0.25) is 0 Å². The van der Waals surface area contributed by atoms with Gasteiger partial charge in [-0.3, -0.25) is 15.0 Å². The molecule has 0 bridgehead atoms. The van der Waals surface area contributed by atoms with Crippen molar-refractivity contribution >= 4 is 11.5 Å². The maximum Gasteiger partial charge on any atom is 0.372 e. The van der Waals surface area contributed by atoms with E-state index in [0.29, 0.717) is 12.6 Å². The van der Waals surface area contributed by atoms with Crippen LogP contribution in [0.4, 0.5) is 11.5 Å². The predicted molar refractivity (Wildman–Crippen MR) is 74.0 cm³/mol. The first-order valence-electron chi connectivity index (χ1n) is 6.68. The minimum atomic E-state index is -0.520. The summed E-state index contributed by atoms with van der Waals surface area (Å²) in [4.78, 5) is 20.7. The van der Waals surface area contributed by atoms with Crippen LogP contribution >= 0.6 is 0 Å². The molecule has 0 amide bonds. The molecule has 2 heterocycles. The van der Waals surface area contributed by atoms with E-state index in [4.69, 9.17) is 4.74 Å². The molecule has 1 unspecified atom stereocenters. The van der Waals surface area contributed by atoms with E-state index in [1.165, 1.54) is 13.4 Å². The summed E-state index contributed by atoms with van der Waals surface area (Å²) in [7, 11) is 1.36. The van der Waals surface area contributed by atoms with E-state index < -0.39 is 4.92 Å². The van der Waals surface area contributed by atoms with Gasteiger partial charge in [0.25, 0.3) is 5.88 Å². The number of anilines is 1. The summed E-state index contributed by atoms with van der Waals surface area (Å²) in [5.41, 5.74) is -0.212. The van der Waals surface area contributed by atoms with E-state index in [1.807, 2.05) is 0 Å². The van der Waals surface area contributed by atoms with Crippen LogP contribution in [-0.4, -0.2) is 52.6 Å². The molecule has 1 atom stereocenters. The van der Waals surface area contributed by atoms with Crippen LogP contribution in [-0.2, 0) is 0 Å². The molecule has 0 aliphatic carbocycles. The van der Waals surface area contributed by atoms with Crippen LogP contribution in [0.3, 0.4) is 0 Å². The highest BCUT2D eigenvalue weighted by molar-refractivity contribution is 5.61. The maximum absolute atomic E-state index is 11.1. The Morgan fingerprint density at radius 1 is 1.60 bits per heavy atom. The molecule has 1 fully saturated rings. The normalized spacial score (nSPS) is 19.0. The number of rotatable bonds is 6. The highest BCUT2D eigenvalue weighted by atomic mass is 16.6. The molecule has 2 rings (SSSR count). The second-order valence-corrected chi connectivity index (χ2v) is 4.64. The van der Waals surface area contributed by atoms with Crippen molar-refractivity contribution in [2.75, 3.05) is 32.1 Å². The lowest BCUT2D eigenvalue weighted by molar-refractivity contribution is -0.385. The van der Waals surface area contributed by atoms with Crippen LogP contribution in [0, 0.1) is 10.1 Å². The predicted octanol–water partition coefficient (Wildman–Crippen LogP) is 1.29. The minimum Gasteiger partial charge on any atom is -0.476 e. The van der Waals surface area contributed by atoms with Gasteiger partial charge in [0.15, 0.2) is 0 Å². The molecule has 1 aliphatic heterocycles. The Hall–Kier alpha value is -1.96. The summed E-state index contributed by atoms with van der Waals surface area (Å²) in [5, 5.41) is 14.2. The average Bonchev–Trinajstić information content (AvgIpc) is 2.91. The van der Waals surface area contributed by atoms with Crippen LogP contribution in [0.1, 0.15) is 19.8 Å². The van der Waals surface area contributed by atoms with Crippen molar-refractivity contribution in [3.05, 3.63) is 16.4 Å². The summed E-state index contributed by atoms with van der Waals surface area (Å²) in [6, 6.07) is 0.389. The Morgan fingerprint density at radius 2 is 2.40 bits per heavy atom. The van der Waals surface area contributed by atoms with Gasteiger partial charge in [-0.25, -0.2) is 4.98 Å². The van der Waals surface area contributed by atoms with E-state index in [-0.39, 0.29) is 17.4 Å². The highest BCUT2D eigenvalue weighted by Gasteiger charge is 2.27. The van der Waals surface area contributed by atoms with Gasteiger partial charge in [-0.05, 0) is 25.9 Å². The summed E-state index contributed by atoms with van der Waals surface area (Å²) in [6.45, 7) is 4.82. The quantitative estimate of drug-likeness (QED) is 0.620. The lowest BCUT2D eigenvalue weighted by atomic mass is 10.2.